The van der Waals surface area contributed by atoms with Gasteiger partial charge in [-0.05, 0) is 29.6 Å². The van der Waals surface area contributed by atoms with Crippen molar-refractivity contribution >= 4 is 0 Å². The van der Waals surface area contributed by atoms with Gasteiger partial charge in [0.2, 0.25) is 0 Å². The van der Waals surface area contributed by atoms with Gasteiger partial charge in [0.1, 0.15) is 0 Å². The van der Waals surface area contributed by atoms with E-state index < -0.39 is 0 Å². The Balaban J connectivity index is 2.07. The molecule has 2 atom stereocenters. The molecule has 0 spiro atoms. The van der Waals surface area contributed by atoms with Crippen LogP contribution < -0.4 is 0 Å². The second kappa shape index (κ2) is 0.984. The van der Waals surface area contributed by atoms with Crippen molar-refractivity contribution in [1.29, 1.82) is 0 Å². The lowest BCUT2D eigenvalue weighted by molar-refractivity contribution is 0.288. The fourth-order valence-electron chi connectivity index (χ4n) is 2.12. The summed E-state index contributed by atoms with van der Waals surface area (Å²) in [7, 11) is 0. The molecule has 0 heterocycles. The normalized spacial score (nSPS) is 58.5. The predicted octanol–water partition coefficient (Wildman–Crippen LogP) is 2.30. The molecule has 0 amide bonds. The monoisotopic (exact) mass is 110 g/mol. The van der Waals surface area contributed by atoms with Crippen molar-refractivity contribution in [2.24, 2.45) is 23.2 Å². The molecule has 2 saturated carbocycles. The van der Waals surface area contributed by atoms with Crippen LogP contribution >= 0.6 is 0 Å². The third-order valence-corrected chi connectivity index (χ3v) is 3.52. The Morgan fingerprint density at radius 1 is 1.38 bits per heavy atom. The predicted molar refractivity (Wildman–Crippen MR) is 34.5 cm³/mol. The highest BCUT2D eigenvalue weighted by Gasteiger charge is 2.74. The third-order valence-electron chi connectivity index (χ3n) is 3.52. The molecule has 46 valence electrons. The SMILES string of the molecule is CC(C)C1(C)C2CC21. The molecule has 2 aliphatic carbocycles. The molecule has 0 saturated heterocycles. The molecular formula is C8H14. The largest absolute Gasteiger partial charge is 0.0622 e. The quantitative estimate of drug-likeness (QED) is 0.486. The van der Waals surface area contributed by atoms with Crippen LogP contribution in [0.15, 0.2) is 0 Å². The molecule has 0 aromatic carbocycles. The maximum absolute atomic E-state index is 2.44. The first-order chi connectivity index (χ1) is 3.67. The van der Waals surface area contributed by atoms with E-state index in [0.717, 1.165) is 23.2 Å². The second-order valence-corrected chi connectivity index (χ2v) is 3.97. The molecule has 2 aliphatic rings. The van der Waals surface area contributed by atoms with Crippen molar-refractivity contribution in [2.75, 3.05) is 0 Å². The van der Waals surface area contributed by atoms with Gasteiger partial charge in [-0.25, -0.2) is 0 Å². The van der Waals surface area contributed by atoms with E-state index in [1.807, 2.05) is 0 Å². The van der Waals surface area contributed by atoms with E-state index in [1.165, 1.54) is 0 Å². The Morgan fingerprint density at radius 3 is 1.88 bits per heavy atom. The molecule has 2 fully saturated rings. The molecule has 2 unspecified atom stereocenters. The molecule has 0 radical (unpaired) electrons. The summed E-state index contributed by atoms with van der Waals surface area (Å²) in [5.74, 6) is 3.25. The minimum Gasteiger partial charge on any atom is -0.0622 e. The highest BCUT2D eigenvalue weighted by molar-refractivity contribution is 5.21. The Bertz CT molecular complexity index is 116. The molecule has 0 bridgehead atoms. The second-order valence-electron chi connectivity index (χ2n) is 3.97. The van der Waals surface area contributed by atoms with Gasteiger partial charge in [0.05, 0.1) is 0 Å². The van der Waals surface area contributed by atoms with Gasteiger partial charge in [-0.15, -0.1) is 0 Å². The van der Waals surface area contributed by atoms with E-state index in [2.05, 4.69) is 20.8 Å². The first-order valence-electron chi connectivity index (χ1n) is 3.67. The summed E-state index contributed by atoms with van der Waals surface area (Å²) >= 11 is 0. The van der Waals surface area contributed by atoms with Crippen LogP contribution in [-0.4, -0.2) is 0 Å². The smallest absolute Gasteiger partial charge is 0.0240 e. The average molecular weight is 110 g/mol. The molecule has 0 aliphatic heterocycles. The van der Waals surface area contributed by atoms with Crippen LogP contribution in [0.3, 0.4) is 0 Å². The zero-order valence-corrected chi connectivity index (χ0v) is 5.94. The number of hydrogen-bond donors (Lipinski definition) is 0. The molecule has 0 aromatic rings. The minimum absolute atomic E-state index is 0.806. The zero-order chi connectivity index (χ0) is 5.94. The van der Waals surface area contributed by atoms with Crippen molar-refractivity contribution in [3.8, 4) is 0 Å². The van der Waals surface area contributed by atoms with Crippen molar-refractivity contribution < 1.29 is 0 Å². The topological polar surface area (TPSA) is 0 Å². The molecular weight excluding hydrogens is 96.1 g/mol. The van der Waals surface area contributed by atoms with Crippen LogP contribution in [-0.2, 0) is 0 Å². The first-order valence-corrected chi connectivity index (χ1v) is 3.67. The lowest BCUT2D eigenvalue weighted by Gasteiger charge is -2.20. The van der Waals surface area contributed by atoms with Crippen molar-refractivity contribution in [3.05, 3.63) is 0 Å². The molecule has 8 heavy (non-hydrogen) atoms. The number of rotatable bonds is 1. The van der Waals surface area contributed by atoms with Gasteiger partial charge < -0.3 is 0 Å². The van der Waals surface area contributed by atoms with Gasteiger partial charge in [0, 0.05) is 0 Å². The lowest BCUT2D eigenvalue weighted by atomic mass is 9.85. The van der Waals surface area contributed by atoms with E-state index >= 15 is 0 Å². The Labute approximate surface area is 51.3 Å². The van der Waals surface area contributed by atoms with Gasteiger partial charge in [-0.1, -0.05) is 20.8 Å². The Morgan fingerprint density at radius 2 is 1.88 bits per heavy atom. The van der Waals surface area contributed by atoms with E-state index in [1.54, 1.807) is 6.42 Å². The fraction of sp³-hybridized carbons (Fsp3) is 1.00. The third kappa shape index (κ3) is 0.310. The Kier molecular flexibility index (Phi) is 0.595. The Hall–Kier alpha value is 0. The highest BCUT2D eigenvalue weighted by Crippen LogP contribution is 2.80. The summed E-state index contributed by atoms with van der Waals surface area (Å²) in [5, 5.41) is 0. The van der Waals surface area contributed by atoms with E-state index in [0.29, 0.717) is 0 Å². The molecule has 2 rings (SSSR count). The van der Waals surface area contributed by atoms with Crippen LogP contribution in [0.4, 0.5) is 0 Å². The van der Waals surface area contributed by atoms with Gasteiger partial charge >= 0.3 is 0 Å². The summed E-state index contributed by atoms with van der Waals surface area (Å²) in [6.45, 7) is 7.15. The van der Waals surface area contributed by atoms with Crippen molar-refractivity contribution in [1.82, 2.24) is 0 Å². The minimum atomic E-state index is 0.806. The van der Waals surface area contributed by atoms with Gasteiger partial charge in [-0.3, -0.25) is 0 Å². The summed E-state index contributed by atoms with van der Waals surface area (Å²) in [5.41, 5.74) is 0.806. The van der Waals surface area contributed by atoms with Crippen molar-refractivity contribution in [3.63, 3.8) is 0 Å². The summed E-state index contributed by atoms with van der Waals surface area (Å²) in [6, 6.07) is 0. The van der Waals surface area contributed by atoms with Gasteiger partial charge in [0.25, 0.3) is 0 Å². The van der Waals surface area contributed by atoms with Crippen LogP contribution in [0.1, 0.15) is 27.2 Å². The zero-order valence-electron chi connectivity index (χ0n) is 5.94. The van der Waals surface area contributed by atoms with Crippen LogP contribution in [0.25, 0.3) is 0 Å². The maximum atomic E-state index is 2.44. The summed E-state index contributed by atoms with van der Waals surface area (Å²) in [6.07, 6.45) is 1.55. The van der Waals surface area contributed by atoms with Gasteiger partial charge in [-0.2, -0.15) is 0 Å². The van der Waals surface area contributed by atoms with Crippen LogP contribution in [0.2, 0.25) is 0 Å². The van der Waals surface area contributed by atoms with Crippen LogP contribution in [0.5, 0.6) is 0 Å². The summed E-state index contributed by atoms with van der Waals surface area (Å²) in [4.78, 5) is 0. The molecule has 0 aromatic heterocycles. The fourth-order valence-corrected chi connectivity index (χ4v) is 2.12. The van der Waals surface area contributed by atoms with E-state index in [-0.39, 0.29) is 0 Å². The van der Waals surface area contributed by atoms with Crippen LogP contribution in [0, 0.1) is 23.2 Å². The molecule has 0 nitrogen and oxygen atoms in total. The average Bonchev–Trinajstić information content (AvgIpc) is 2.46. The van der Waals surface area contributed by atoms with Crippen molar-refractivity contribution in [2.45, 2.75) is 27.2 Å². The lowest BCUT2D eigenvalue weighted by Crippen LogP contribution is -2.13. The van der Waals surface area contributed by atoms with Gasteiger partial charge in [0.15, 0.2) is 0 Å². The highest BCUT2D eigenvalue weighted by atomic mass is 14.8. The van der Waals surface area contributed by atoms with E-state index in [9.17, 15) is 0 Å². The number of hydrogen-bond acceptors (Lipinski definition) is 0. The summed E-state index contributed by atoms with van der Waals surface area (Å²) < 4.78 is 0. The van der Waals surface area contributed by atoms with E-state index in [4.69, 9.17) is 0 Å². The molecule has 0 heteroatoms. The maximum Gasteiger partial charge on any atom is -0.0240 e. The standard InChI is InChI=1S/C8H14/c1-5(2)8(3)6-4-7(6)8/h5-7H,4H2,1-3H3. The number of fused-ring (bicyclic) bond motifs is 1. The first kappa shape index (κ1) is 4.84. The molecule has 0 N–H and O–H groups in total.